The molecule has 0 fully saturated rings. The number of esters is 1. The topological polar surface area (TPSA) is 59.4 Å². The van der Waals surface area contributed by atoms with Crippen molar-refractivity contribution in [3.05, 3.63) is 22.2 Å². The number of hydrogen-bond acceptors (Lipinski definition) is 5. The summed E-state index contributed by atoms with van der Waals surface area (Å²) in [7, 11) is 0. The van der Waals surface area contributed by atoms with Gasteiger partial charge in [0.15, 0.2) is 0 Å². The second-order valence-electron chi connectivity index (χ2n) is 2.42. The van der Waals surface area contributed by atoms with Gasteiger partial charge in [0.1, 0.15) is 5.01 Å². The summed E-state index contributed by atoms with van der Waals surface area (Å²) < 4.78 is 4.70. The number of ether oxygens (including phenoxy) is 1. The Kier molecular flexibility index (Phi) is 4.28. The van der Waals surface area contributed by atoms with Crippen LogP contribution < -0.4 is 0 Å². The lowest BCUT2D eigenvalue weighted by Gasteiger charge is -1.92. The quantitative estimate of drug-likeness (QED) is 0.603. The highest BCUT2D eigenvalue weighted by Crippen LogP contribution is 2.11. The van der Waals surface area contributed by atoms with Gasteiger partial charge in [0.05, 0.1) is 18.9 Å². The van der Waals surface area contributed by atoms with E-state index in [1.165, 1.54) is 17.4 Å². The van der Waals surface area contributed by atoms with Crippen LogP contribution in [0.2, 0.25) is 0 Å². The number of aliphatic hydroxyl groups is 1. The highest BCUT2D eigenvalue weighted by Gasteiger charge is 1.98. The van der Waals surface area contributed by atoms with Gasteiger partial charge in [0.25, 0.3) is 0 Å². The van der Waals surface area contributed by atoms with Gasteiger partial charge in [-0.05, 0) is 13.0 Å². The minimum Gasteiger partial charge on any atom is -0.463 e. The molecule has 0 unspecified atom stereocenters. The van der Waals surface area contributed by atoms with Crippen molar-refractivity contribution in [3.8, 4) is 0 Å². The molecule has 0 aliphatic heterocycles. The first kappa shape index (κ1) is 10.9. The van der Waals surface area contributed by atoms with Crippen LogP contribution >= 0.6 is 11.3 Å². The lowest BCUT2D eigenvalue weighted by Crippen LogP contribution is -1.98. The standard InChI is InChI=1S/C9H11NO3S/c1-2-13-9(12)4-3-8-10-7(5-11)6-14-8/h3-4,6,11H,2,5H2,1H3. The molecule has 0 atom stereocenters. The number of thiazole rings is 1. The highest BCUT2D eigenvalue weighted by molar-refractivity contribution is 7.10. The van der Waals surface area contributed by atoms with E-state index in [9.17, 15) is 4.79 Å². The van der Waals surface area contributed by atoms with Crippen LogP contribution in [0.5, 0.6) is 0 Å². The summed E-state index contributed by atoms with van der Waals surface area (Å²) in [5.74, 6) is -0.381. The average molecular weight is 213 g/mol. The number of carbonyl (C=O) groups is 1. The monoisotopic (exact) mass is 213 g/mol. The molecule has 0 aliphatic carbocycles. The smallest absolute Gasteiger partial charge is 0.330 e. The minimum atomic E-state index is -0.381. The largest absolute Gasteiger partial charge is 0.463 e. The fourth-order valence-corrected chi connectivity index (χ4v) is 1.50. The van der Waals surface area contributed by atoms with Gasteiger partial charge in [0, 0.05) is 11.5 Å². The zero-order valence-electron chi connectivity index (χ0n) is 7.77. The second kappa shape index (κ2) is 5.51. The first-order valence-corrected chi connectivity index (χ1v) is 5.04. The van der Waals surface area contributed by atoms with Gasteiger partial charge in [0.2, 0.25) is 0 Å². The highest BCUT2D eigenvalue weighted by atomic mass is 32.1. The molecule has 1 rings (SSSR count). The minimum absolute atomic E-state index is 0.0796. The molecule has 1 aromatic rings. The summed E-state index contributed by atoms with van der Waals surface area (Å²) in [5.41, 5.74) is 0.610. The fraction of sp³-hybridized carbons (Fsp3) is 0.333. The summed E-state index contributed by atoms with van der Waals surface area (Å²) in [6, 6.07) is 0. The number of nitrogens with zero attached hydrogens (tertiary/aromatic N) is 1. The fourth-order valence-electron chi connectivity index (χ4n) is 0.802. The molecule has 1 N–H and O–H groups in total. The molecule has 76 valence electrons. The number of aromatic nitrogens is 1. The van der Waals surface area contributed by atoms with E-state index in [0.29, 0.717) is 17.3 Å². The van der Waals surface area contributed by atoms with Crippen LogP contribution in [0.25, 0.3) is 6.08 Å². The van der Waals surface area contributed by atoms with Gasteiger partial charge < -0.3 is 9.84 Å². The Labute approximate surface area is 85.9 Å². The molecule has 1 heterocycles. The van der Waals surface area contributed by atoms with E-state index in [1.807, 2.05) is 0 Å². The second-order valence-corrected chi connectivity index (χ2v) is 3.31. The van der Waals surface area contributed by atoms with Crippen molar-refractivity contribution in [2.45, 2.75) is 13.5 Å². The molecular formula is C9H11NO3S. The zero-order valence-corrected chi connectivity index (χ0v) is 8.58. The van der Waals surface area contributed by atoms with Gasteiger partial charge in [-0.3, -0.25) is 0 Å². The summed E-state index contributed by atoms with van der Waals surface area (Å²) in [4.78, 5) is 14.9. The van der Waals surface area contributed by atoms with Gasteiger partial charge in [-0.2, -0.15) is 0 Å². The maximum Gasteiger partial charge on any atom is 0.330 e. The lowest BCUT2D eigenvalue weighted by molar-refractivity contribution is -0.137. The molecule has 14 heavy (non-hydrogen) atoms. The molecule has 0 bridgehead atoms. The van der Waals surface area contributed by atoms with E-state index in [-0.39, 0.29) is 12.6 Å². The van der Waals surface area contributed by atoms with E-state index in [1.54, 1.807) is 18.4 Å². The van der Waals surface area contributed by atoms with E-state index in [0.717, 1.165) is 0 Å². The Hall–Kier alpha value is -1.20. The molecule has 5 heteroatoms. The Morgan fingerprint density at radius 1 is 1.79 bits per heavy atom. The van der Waals surface area contributed by atoms with Crippen molar-refractivity contribution in [2.24, 2.45) is 0 Å². The van der Waals surface area contributed by atoms with Crippen molar-refractivity contribution >= 4 is 23.4 Å². The SMILES string of the molecule is CCOC(=O)C=Cc1nc(CO)cs1. The van der Waals surface area contributed by atoms with Crippen molar-refractivity contribution in [1.82, 2.24) is 4.98 Å². The van der Waals surface area contributed by atoms with Crippen molar-refractivity contribution in [1.29, 1.82) is 0 Å². The average Bonchev–Trinajstić information content (AvgIpc) is 2.63. The van der Waals surface area contributed by atoms with E-state index in [4.69, 9.17) is 9.84 Å². The van der Waals surface area contributed by atoms with Gasteiger partial charge >= 0.3 is 5.97 Å². The summed E-state index contributed by atoms with van der Waals surface area (Å²) >= 11 is 1.37. The normalized spacial score (nSPS) is 10.7. The third-order valence-electron chi connectivity index (χ3n) is 1.38. The van der Waals surface area contributed by atoms with Crippen molar-refractivity contribution in [3.63, 3.8) is 0 Å². The zero-order chi connectivity index (χ0) is 10.4. The molecule has 0 saturated carbocycles. The van der Waals surface area contributed by atoms with Crippen LogP contribution in [0.1, 0.15) is 17.6 Å². The summed E-state index contributed by atoms with van der Waals surface area (Å²) in [5, 5.41) is 11.2. The van der Waals surface area contributed by atoms with E-state index >= 15 is 0 Å². The van der Waals surface area contributed by atoms with Crippen LogP contribution in [-0.4, -0.2) is 22.7 Å². The maximum atomic E-state index is 10.9. The first-order valence-electron chi connectivity index (χ1n) is 4.16. The van der Waals surface area contributed by atoms with Crippen LogP contribution in [0.3, 0.4) is 0 Å². The molecule has 0 aliphatic rings. The number of rotatable bonds is 4. The molecule has 0 radical (unpaired) electrons. The molecule has 0 aromatic carbocycles. The Balaban J connectivity index is 2.55. The first-order chi connectivity index (χ1) is 6.76. The van der Waals surface area contributed by atoms with E-state index in [2.05, 4.69) is 4.98 Å². The summed E-state index contributed by atoms with van der Waals surface area (Å²) in [6.45, 7) is 2.03. The Morgan fingerprint density at radius 3 is 3.14 bits per heavy atom. The molecule has 0 spiro atoms. The molecule has 0 saturated heterocycles. The summed E-state index contributed by atoms with van der Waals surface area (Å²) in [6.07, 6.45) is 2.89. The van der Waals surface area contributed by atoms with Crippen LogP contribution in [-0.2, 0) is 16.1 Å². The van der Waals surface area contributed by atoms with E-state index < -0.39 is 0 Å². The predicted molar refractivity (Wildman–Crippen MR) is 53.7 cm³/mol. The predicted octanol–water partition coefficient (Wildman–Crippen LogP) is 1.21. The molecule has 0 amide bonds. The van der Waals surface area contributed by atoms with Gasteiger partial charge in [-0.25, -0.2) is 9.78 Å². The van der Waals surface area contributed by atoms with Crippen molar-refractivity contribution < 1.29 is 14.6 Å². The molecule has 1 aromatic heterocycles. The van der Waals surface area contributed by atoms with Gasteiger partial charge in [-0.1, -0.05) is 0 Å². The van der Waals surface area contributed by atoms with Gasteiger partial charge in [-0.15, -0.1) is 11.3 Å². The van der Waals surface area contributed by atoms with Crippen LogP contribution in [0, 0.1) is 0 Å². The van der Waals surface area contributed by atoms with Crippen LogP contribution in [0.15, 0.2) is 11.5 Å². The molecular weight excluding hydrogens is 202 g/mol. The third kappa shape index (κ3) is 3.27. The number of carbonyl (C=O) groups excluding carboxylic acids is 1. The third-order valence-corrected chi connectivity index (χ3v) is 2.24. The Morgan fingerprint density at radius 2 is 2.57 bits per heavy atom. The number of hydrogen-bond donors (Lipinski definition) is 1. The lowest BCUT2D eigenvalue weighted by atomic mass is 10.5. The molecule has 4 nitrogen and oxygen atoms in total. The Bertz CT molecular complexity index is 333. The van der Waals surface area contributed by atoms with Crippen LogP contribution in [0.4, 0.5) is 0 Å². The maximum absolute atomic E-state index is 10.9. The van der Waals surface area contributed by atoms with Crippen molar-refractivity contribution in [2.75, 3.05) is 6.61 Å². The number of aliphatic hydroxyl groups excluding tert-OH is 1.